The van der Waals surface area contributed by atoms with Gasteiger partial charge in [-0.1, -0.05) is 12.1 Å². The molecule has 0 amide bonds. The molecule has 0 radical (unpaired) electrons. The van der Waals surface area contributed by atoms with E-state index in [4.69, 9.17) is 15.9 Å². The van der Waals surface area contributed by atoms with Crippen molar-refractivity contribution >= 4 is 35.2 Å². The summed E-state index contributed by atoms with van der Waals surface area (Å²) in [6, 6.07) is 9.73. The van der Waals surface area contributed by atoms with E-state index in [1.54, 1.807) is 19.5 Å². The zero-order valence-corrected chi connectivity index (χ0v) is 16.2. The molecule has 1 unspecified atom stereocenters. The van der Waals surface area contributed by atoms with Gasteiger partial charge in [-0.05, 0) is 24.6 Å². The van der Waals surface area contributed by atoms with Gasteiger partial charge in [-0.2, -0.15) is 0 Å². The standard InChI is InChI=1S/C21H26N6O/c1-15-14-27(7-8-28-15)21-10-19(5-6-25-21)26-20-9-16(3-4-17(20)11-22)18(12-23)13-24-2/h3-6,9-13,15,22H,7-8,14,23H2,1-2H3,(H,25,26). The number of ether oxygens (including phenoxy) is 1. The predicted octanol–water partition coefficient (Wildman–Crippen LogP) is 3.05. The van der Waals surface area contributed by atoms with E-state index in [0.29, 0.717) is 6.61 Å². The first-order valence-corrected chi connectivity index (χ1v) is 9.23. The molecule has 0 saturated carbocycles. The Morgan fingerprint density at radius 1 is 1.39 bits per heavy atom. The first kappa shape index (κ1) is 19.6. The van der Waals surface area contributed by atoms with Crippen molar-refractivity contribution in [3.05, 3.63) is 53.9 Å². The average Bonchev–Trinajstić information content (AvgIpc) is 2.72. The fraction of sp³-hybridized carbons (Fsp3) is 0.286. The summed E-state index contributed by atoms with van der Waals surface area (Å²) in [5, 5.41) is 11.1. The number of hydrogen-bond donors (Lipinski definition) is 3. The minimum absolute atomic E-state index is 0.190. The third kappa shape index (κ3) is 4.55. The zero-order chi connectivity index (χ0) is 19.9. The molecule has 2 heterocycles. The molecule has 3 rings (SSSR count). The van der Waals surface area contributed by atoms with Crippen LogP contribution >= 0.6 is 0 Å². The highest BCUT2D eigenvalue weighted by atomic mass is 16.5. The number of aliphatic imine (C=N–C) groups is 1. The number of rotatable bonds is 6. The Kier molecular flexibility index (Phi) is 6.39. The van der Waals surface area contributed by atoms with Crippen LogP contribution < -0.4 is 16.0 Å². The maximum atomic E-state index is 7.71. The molecule has 0 aliphatic carbocycles. The van der Waals surface area contributed by atoms with Gasteiger partial charge in [0.2, 0.25) is 0 Å². The van der Waals surface area contributed by atoms with Crippen molar-refractivity contribution < 1.29 is 4.74 Å². The zero-order valence-electron chi connectivity index (χ0n) is 16.2. The van der Waals surface area contributed by atoms with Crippen molar-refractivity contribution in [2.75, 3.05) is 37.0 Å². The first-order chi connectivity index (χ1) is 13.6. The van der Waals surface area contributed by atoms with Crippen LogP contribution in [-0.2, 0) is 4.74 Å². The fourth-order valence-corrected chi connectivity index (χ4v) is 3.17. The number of aromatic nitrogens is 1. The smallest absolute Gasteiger partial charge is 0.130 e. The predicted molar refractivity (Wildman–Crippen MR) is 116 cm³/mol. The lowest BCUT2D eigenvalue weighted by Crippen LogP contribution is -2.41. The Hall–Kier alpha value is -3.19. The Morgan fingerprint density at radius 3 is 2.96 bits per heavy atom. The number of anilines is 3. The van der Waals surface area contributed by atoms with Gasteiger partial charge in [-0.25, -0.2) is 4.98 Å². The maximum Gasteiger partial charge on any atom is 0.130 e. The molecule has 1 saturated heterocycles. The van der Waals surface area contributed by atoms with E-state index >= 15 is 0 Å². The molecule has 7 nitrogen and oxygen atoms in total. The highest BCUT2D eigenvalue weighted by molar-refractivity contribution is 6.10. The summed E-state index contributed by atoms with van der Waals surface area (Å²) in [5.74, 6) is 0.911. The second-order valence-electron chi connectivity index (χ2n) is 6.61. The summed E-state index contributed by atoms with van der Waals surface area (Å²) in [6.45, 7) is 4.41. The molecule has 1 aromatic heterocycles. The Bertz CT molecular complexity index is 892. The molecule has 1 aliphatic rings. The SMILES string of the molecule is CN=CC(=CN)c1ccc(C=N)c(Nc2ccnc(N3CCOC(C)C3)c2)c1. The molecule has 146 valence electrons. The van der Waals surface area contributed by atoms with Gasteiger partial charge in [0.05, 0.1) is 12.7 Å². The topological polar surface area (TPSA) is 99.6 Å². The minimum Gasteiger partial charge on any atom is -0.404 e. The summed E-state index contributed by atoms with van der Waals surface area (Å²) in [5.41, 5.74) is 10.00. The Balaban J connectivity index is 1.88. The lowest BCUT2D eigenvalue weighted by Gasteiger charge is -2.32. The normalized spacial score (nSPS) is 17.7. The molecule has 2 aromatic rings. The second kappa shape index (κ2) is 9.14. The number of morpholine rings is 1. The number of hydrogen-bond acceptors (Lipinski definition) is 7. The van der Waals surface area contributed by atoms with Crippen LogP contribution in [-0.4, -0.2) is 50.3 Å². The molecule has 1 aromatic carbocycles. The van der Waals surface area contributed by atoms with Gasteiger partial charge >= 0.3 is 0 Å². The third-order valence-corrected chi connectivity index (χ3v) is 4.58. The van der Waals surface area contributed by atoms with E-state index < -0.39 is 0 Å². The van der Waals surface area contributed by atoms with Gasteiger partial charge < -0.3 is 26.1 Å². The number of allylic oxidation sites excluding steroid dienone is 1. The van der Waals surface area contributed by atoms with Crippen LogP contribution in [0.25, 0.3) is 5.57 Å². The quantitative estimate of drug-likeness (QED) is 0.671. The minimum atomic E-state index is 0.190. The highest BCUT2D eigenvalue weighted by Gasteiger charge is 2.18. The van der Waals surface area contributed by atoms with Crippen molar-refractivity contribution in [1.29, 1.82) is 5.41 Å². The monoisotopic (exact) mass is 378 g/mol. The van der Waals surface area contributed by atoms with E-state index in [-0.39, 0.29) is 6.10 Å². The van der Waals surface area contributed by atoms with Crippen molar-refractivity contribution in [3.63, 3.8) is 0 Å². The molecule has 1 aliphatic heterocycles. The summed E-state index contributed by atoms with van der Waals surface area (Å²) in [6.07, 6.45) is 6.56. The summed E-state index contributed by atoms with van der Waals surface area (Å²) in [7, 11) is 1.71. The van der Waals surface area contributed by atoms with Crippen molar-refractivity contribution in [2.24, 2.45) is 10.7 Å². The van der Waals surface area contributed by atoms with Gasteiger partial charge in [0.25, 0.3) is 0 Å². The Morgan fingerprint density at radius 2 is 2.25 bits per heavy atom. The number of nitrogens with zero attached hydrogens (tertiary/aromatic N) is 3. The molecular weight excluding hydrogens is 352 g/mol. The van der Waals surface area contributed by atoms with E-state index in [0.717, 1.165) is 47.0 Å². The summed E-state index contributed by atoms with van der Waals surface area (Å²) in [4.78, 5) is 10.8. The van der Waals surface area contributed by atoms with Gasteiger partial charge in [0, 0.05) is 73.5 Å². The molecule has 28 heavy (non-hydrogen) atoms. The van der Waals surface area contributed by atoms with Crippen LogP contribution in [0.3, 0.4) is 0 Å². The van der Waals surface area contributed by atoms with Gasteiger partial charge in [-0.15, -0.1) is 0 Å². The van der Waals surface area contributed by atoms with Crippen LogP contribution in [0.2, 0.25) is 0 Å². The van der Waals surface area contributed by atoms with E-state index in [2.05, 4.69) is 27.1 Å². The highest BCUT2D eigenvalue weighted by Crippen LogP contribution is 2.26. The molecular formula is C21H26N6O. The fourth-order valence-electron chi connectivity index (χ4n) is 3.17. The van der Waals surface area contributed by atoms with Crippen LogP contribution in [0.5, 0.6) is 0 Å². The van der Waals surface area contributed by atoms with E-state index in [1.165, 1.54) is 12.4 Å². The van der Waals surface area contributed by atoms with Crippen LogP contribution in [0.4, 0.5) is 17.2 Å². The molecule has 0 bridgehead atoms. The third-order valence-electron chi connectivity index (χ3n) is 4.58. The van der Waals surface area contributed by atoms with Gasteiger partial charge in [0.15, 0.2) is 0 Å². The second-order valence-corrected chi connectivity index (χ2v) is 6.61. The Labute approximate surface area is 165 Å². The van der Waals surface area contributed by atoms with Gasteiger partial charge in [-0.3, -0.25) is 4.99 Å². The average molecular weight is 378 g/mol. The maximum absolute atomic E-state index is 7.71. The van der Waals surface area contributed by atoms with Crippen LogP contribution in [0.1, 0.15) is 18.1 Å². The van der Waals surface area contributed by atoms with Crippen LogP contribution in [0, 0.1) is 5.41 Å². The lowest BCUT2D eigenvalue weighted by atomic mass is 10.0. The number of nitrogens with two attached hydrogens (primary N) is 1. The van der Waals surface area contributed by atoms with Crippen molar-refractivity contribution in [2.45, 2.75) is 13.0 Å². The largest absolute Gasteiger partial charge is 0.404 e. The van der Waals surface area contributed by atoms with Crippen molar-refractivity contribution in [1.82, 2.24) is 4.98 Å². The summed E-state index contributed by atoms with van der Waals surface area (Å²) >= 11 is 0. The summed E-state index contributed by atoms with van der Waals surface area (Å²) < 4.78 is 5.62. The van der Waals surface area contributed by atoms with E-state index in [9.17, 15) is 0 Å². The molecule has 0 spiro atoms. The molecule has 4 N–H and O–H groups in total. The van der Waals surface area contributed by atoms with Crippen LogP contribution in [0.15, 0.2) is 47.7 Å². The molecule has 7 heteroatoms. The van der Waals surface area contributed by atoms with Gasteiger partial charge in [0.1, 0.15) is 5.82 Å². The molecule has 1 atom stereocenters. The molecule has 1 fully saturated rings. The van der Waals surface area contributed by atoms with E-state index in [1.807, 2.05) is 30.3 Å². The number of pyridine rings is 1. The lowest BCUT2D eigenvalue weighted by molar-refractivity contribution is 0.0529. The number of benzene rings is 1. The number of nitrogens with one attached hydrogen (secondary N) is 2. The van der Waals surface area contributed by atoms with Crippen molar-refractivity contribution in [3.8, 4) is 0 Å². The first-order valence-electron chi connectivity index (χ1n) is 9.23.